The molecule has 2 rings (SSSR count). The van der Waals surface area contributed by atoms with Gasteiger partial charge in [-0.05, 0) is 11.1 Å². The minimum atomic E-state index is -3.47. The molecule has 0 atom stereocenters. The average molecular weight is 403 g/mol. The van der Waals surface area contributed by atoms with Crippen molar-refractivity contribution < 1.29 is 27.8 Å². The zero-order chi connectivity index (χ0) is 21.3. The predicted molar refractivity (Wildman–Crippen MR) is 104 cm³/mol. The number of methoxy groups -OCH3 is 2. The Bertz CT molecular complexity index is 779. The number of carbonyl (C=O) groups is 2. The molecule has 0 aliphatic heterocycles. The number of benzene rings is 2. The molecule has 0 saturated heterocycles. The molecule has 0 amide bonds. The second-order valence-electron chi connectivity index (χ2n) is 6.42. The molecule has 0 bridgehead atoms. The second-order valence-corrected chi connectivity index (χ2v) is 6.42. The van der Waals surface area contributed by atoms with E-state index in [2.05, 4.69) is 9.47 Å². The number of ether oxygens (including phenoxy) is 2. The van der Waals surface area contributed by atoms with Crippen LogP contribution in [0.4, 0.5) is 8.78 Å². The van der Waals surface area contributed by atoms with Gasteiger partial charge in [0.05, 0.1) is 20.8 Å². The first kappa shape index (κ1) is 22.2. The zero-order valence-corrected chi connectivity index (χ0v) is 16.3. The molecule has 0 aliphatic rings. The first-order valence-corrected chi connectivity index (χ1v) is 8.92. The van der Waals surface area contributed by atoms with E-state index in [0.717, 1.165) is 25.3 Å². The predicted octanol–water partition coefficient (Wildman–Crippen LogP) is 3.60. The van der Waals surface area contributed by atoms with Crippen LogP contribution in [0.15, 0.2) is 72.3 Å². The molecule has 0 radical (unpaired) electrons. The van der Waals surface area contributed by atoms with Crippen molar-refractivity contribution in [2.24, 2.45) is 0 Å². The van der Waals surface area contributed by atoms with E-state index >= 15 is 0 Å². The van der Waals surface area contributed by atoms with Gasteiger partial charge in [0.2, 0.25) is 0 Å². The first-order valence-electron chi connectivity index (χ1n) is 8.92. The number of carbonyl (C=O) groups excluding carboxylic acids is 2. The van der Waals surface area contributed by atoms with Gasteiger partial charge in [-0.3, -0.25) is 4.90 Å². The van der Waals surface area contributed by atoms with E-state index in [1.54, 1.807) is 4.90 Å². The lowest BCUT2D eigenvalue weighted by Crippen LogP contribution is -2.36. The summed E-state index contributed by atoms with van der Waals surface area (Å²) >= 11 is 0. The third-order valence-corrected chi connectivity index (χ3v) is 4.10. The summed E-state index contributed by atoms with van der Waals surface area (Å²) in [5.74, 6) is -5.82. The highest BCUT2D eigenvalue weighted by atomic mass is 19.3. The number of nitrogens with zero attached hydrogens (tertiary/aromatic N) is 1. The molecule has 2 aromatic carbocycles. The normalized spacial score (nSPS) is 11.1. The summed E-state index contributed by atoms with van der Waals surface area (Å²) in [6.07, 6.45) is 0.313. The van der Waals surface area contributed by atoms with E-state index in [-0.39, 0.29) is 13.1 Å². The van der Waals surface area contributed by atoms with Gasteiger partial charge in [-0.2, -0.15) is 0 Å². The van der Waals surface area contributed by atoms with Crippen molar-refractivity contribution >= 4 is 11.9 Å². The van der Waals surface area contributed by atoms with E-state index in [0.29, 0.717) is 6.08 Å². The highest BCUT2D eigenvalue weighted by molar-refractivity contribution is 6.14. The van der Waals surface area contributed by atoms with Crippen LogP contribution in [0, 0.1) is 0 Å². The lowest BCUT2D eigenvalue weighted by Gasteiger charge is -2.26. The number of halogens is 2. The highest BCUT2D eigenvalue weighted by Gasteiger charge is 2.34. The Kier molecular flexibility index (Phi) is 8.03. The molecular weight excluding hydrogens is 380 g/mol. The number of alkyl halides is 2. The molecule has 0 heterocycles. The second kappa shape index (κ2) is 10.5. The van der Waals surface area contributed by atoms with Crippen molar-refractivity contribution in [3.8, 4) is 0 Å². The van der Waals surface area contributed by atoms with Gasteiger partial charge in [0.15, 0.2) is 0 Å². The van der Waals surface area contributed by atoms with Gasteiger partial charge in [-0.1, -0.05) is 60.7 Å². The smallest absolute Gasteiger partial charge is 0.345 e. The van der Waals surface area contributed by atoms with Crippen molar-refractivity contribution in [2.45, 2.75) is 19.0 Å². The summed E-state index contributed by atoms with van der Waals surface area (Å²) < 4.78 is 38.4. The zero-order valence-electron chi connectivity index (χ0n) is 16.3. The molecule has 0 aliphatic carbocycles. The van der Waals surface area contributed by atoms with Crippen molar-refractivity contribution in [3.05, 3.63) is 83.4 Å². The van der Waals surface area contributed by atoms with Gasteiger partial charge in [0.25, 0.3) is 5.92 Å². The Morgan fingerprint density at radius 3 is 1.66 bits per heavy atom. The molecule has 0 aromatic heterocycles. The minimum absolute atomic E-state index is 0.269. The van der Waals surface area contributed by atoms with Crippen molar-refractivity contribution in [1.29, 1.82) is 0 Å². The van der Waals surface area contributed by atoms with E-state index in [9.17, 15) is 18.4 Å². The van der Waals surface area contributed by atoms with Crippen LogP contribution >= 0.6 is 0 Å². The van der Waals surface area contributed by atoms with Gasteiger partial charge in [0.1, 0.15) is 5.57 Å². The Balaban J connectivity index is 2.27. The summed E-state index contributed by atoms with van der Waals surface area (Å²) in [7, 11) is 2.02. The summed E-state index contributed by atoms with van der Waals surface area (Å²) in [4.78, 5) is 25.0. The quantitative estimate of drug-likeness (QED) is 0.277. The van der Waals surface area contributed by atoms with Crippen molar-refractivity contribution in [2.75, 3.05) is 20.8 Å². The largest absolute Gasteiger partial charge is 0.465 e. The fraction of sp³-hybridized carbons (Fsp3) is 0.273. The van der Waals surface area contributed by atoms with Gasteiger partial charge in [0, 0.05) is 19.2 Å². The maximum Gasteiger partial charge on any atom is 0.345 e. The van der Waals surface area contributed by atoms with Crippen LogP contribution in [-0.4, -0.2) is 43.5 Å². The van der Waals surface area contributed by atoms with Gasteiger partial charge in [-0.25, -0.2) is 18.4 Å². The van der Waals surface area contributed by atoms with Crippen LogP contribution in [0.3, 0.4) is 0 Å². The number of hydrogen-bond acceptors (Lipinski definition) is 5. The number of hydrogen-bond donors (Lipinski definition) is 0. The minimum Gasteiger partial charge on any atom is -0.465 e. The molecule has 0 spiro atoms. The average Bonchev–Trinajstić information content (AvgIpc) is 2.72. The van der Waals surface area contributed by atoms with Gasteiger partial charge >= 0.3 is 11.9 Å². The van der Waals surface area contributed by atoms with Crippen molar-refractivity contribution in [1.82, 2.24) is 4.90 Å². The molecule has 7 heteroatoms. The van der Waals surface area contributed by atoms with E-state index in [1.807, 2.05) is 60.7 Å². The first-order chi connectivity index (χ1) is 13.8. The third kappa shape index (κ3) is 7.12. The van der Waals surface area contributed by atoms with Gasteiger partial charge < -0.3 is 9.47 Å². The molecule has 0 N–H and O–H groups in total. The lowest BCUT2D eigenvalue weighted by atomic mass is 10.1. The summed E-state index contributed by atoms with van der Waals surface area (Å²) in [6, 6.07) is 18.4. The highest BCUT2D eigenvalue weighted by Crippen LogP contribution is 2.23. The molecule has 0 saturated carbocycles. The molecule has 2 aromatic rings. The van der Waals surface area contributed by atoms with E-state index < -0.39 is 30.0 Å². The fourth-order valence-electron chi connectivity index (χ4n) is 2.83. The Hall–Kier alpha value is -3.06. The Morgan fingerprint density at radius 2 is 1.28 bits per heavy atom. The Morgan fingerprint density at radius 1 is 0.862 bits per heavy atom. The maximum atomic E-state index is 14.8. The molecule has 29 heavy (non-hydrogen) atoms. The molecule has 5 nitrogen and oxygen atoms in total. The molecule has 0 fully saturated rings. The summed E-state index contributed by atoms with van der Waals surface area (Å²) in [5.41, 5.74) is 0.896. The van der Waals surface area contributed by atoms with E-state index in [1.165, 1.54) is 0 Å². The van der Waals surface area contributed by atoms with Crippen LogP contribution < -0.4 is 0 Å². The van der Waals surface area contributed by atoms with Crippen molar-refractivity contribution in [3.63, 3.8) is 0 Å². The van der Waals surface area contributed by atoms with Crippen LogP contribution in [0.5, 0.6) is 0 Å². The molecular formula is C22H23F2NO4. The monoisotopic (exact) mass is 403 g/mol. The van der Waals surface area contributed by atoms with Crippen LogP contribution in [0.25, 0.3) is 0 Å². The van der Waals surface area contributed by atoms with Gasteiger partial charge in [-0.15, -0.1) is 0 Å². The maximum absolute atomic E-state index is 14.8. The topological polar surface area (TPSA) is 55.8 Å². The van der Waals surface area contributed by atoms with E-state index in [4.69, 9.17) is 0 Å². The number of esters is 2. The lowest BCUT2D eigenvalue weighted by molar-refractivity contribution is -0.144. The third-order valence-electron chi connectivity index (χ3n) is 4.10. The summed E-state index contributed by atoms with van der Waals surface area (Å²) in [5, 5.41) is 0. The molecule has 154 valence electrons. The molecule has 0 unspecified atom stereocenters. The van der Waals surface area contributed by atoms with Crippen LogP contribution in [0.1, 0.15) is 11.1 Å². The fourth-order valence-corrected chi connectivity index (χ4v) is 2.83. The van der Waals surface area contributed by atoms with Crippen LogP contribution in [-0.2, 0) is 32.2 Å². The Labute approximate surface area is 168 Å². The van der Waals surface area contributed by atoms with Crippen LogP contribution in [0.2, 0.25) is 0 Å². The standard InChI is InChI=1S/C22H23F2NO4/c1-28-20(26)19(21(27)29-2)13-22(23,24)16-25(14-17-9-5-3-6-10-17)15-18-11-7-4-8-12-18/h3-13H,14-16H2,1-2H3. The number of rotatable bonds is 9. The summed E-state index contributed by atoms with van der Waals surface area (Å²) in [6.45, 7) is -0.163. The SMILES string of the molecule is COC(=O)C(=CC(F)(F)CN(Cc1ccccc1)Cc1ccccc1)C(=O)OC.